The highest BCUT2D eigenvalue weighted by Gasteiger charge is 2.35. The normalized spacial score (nSPS) is 11.9. The molecule has 2 aromatic carbocycles. The Bertz CT molecular complexity index is 1010. The van der Waals surface area contributed by atoms with Crippen molar-refractivity contribution in [2.45, 2.75) is 26.9 Å². The van der Waals surface area contributed by atoms with Gasteiger partial charge in [0.2, 0.25) is 0 Å². The molecule has 0 aliphatic carbocycles. The third-order valence-electron chi connectivity index (χ3n) is 3.92. The summed E-state index contributed by atoms with van der Waals surface area (Å²) >= 11 is 1.13. The molecule has 0 amide bonds. The number of hydrogen-bond acceptors (Lipinski definition) is 5. The lowest BCUT2D eigenvalue weighted by molar-refractivity contribution is -0.138. The summed E-state index contributed by atoms with van der Waals surface area (Å²) in [6, 6.07) is 9.53. The smallest absolute Gasteiger partial charge is 0.420 e. The van der Waals surface area contributed by atoms with Crippen LogP contribution in [0, 0.1) is 17.2 Å². The first-order chi connectivity index (χ1) is 14.0. The average molecular weight is 435 g/mol. The van der Waals surface area contributed by atoms with Crippen molar-refractivity contribution in [3.63, 3.8) is 0 Å². The number of alkyl halides is 3. The van der Waals surface area contributed by atoms with E-state index in [0.717, 1.165) is 28.8 Å². The van der Waals surface area contributed by atoms with Gasteiger partial charge in [0.15, 0.2) is 16.6 Å². The molecule has 0 unspecified atom stereocenters. The van der Waals surface area contributed by atoms with E-state index < -0.39 is 17.5 Å². The molecule has 0 saturated carbocycles. The molecule has 0 spiro atoms. The molecule has 0 saturated heterocycles. The molecule has 0 bridgehead atoms. The minimum absolute atomic E-state index is 0.0381. The van der Waals surface area contributed by atoms with E-state index in [4.69, 9.17) is 14.7 Å². The fourth-order valence-electron chi connectivity index (χ4n) is 2.43. The largest absolute Gasteiger partial charge is 0.493 e. The van der Waals surface area contributed by atoms with Gasteiger partial charge in [-0.3, -0.25) is 4.79 Å². The van der Waals surface area contributed by atoms with Crippen LogP contribution in [0.2, 0.25) is 0 Å². The van der Waals surface area contributed by atoms with Gasteiger partial charge in [-0.05, 0) is 53.8 Å². The van der Waals surface area contributed by atoms with Crippen LogP contribution in [-0.4, -0.2) is 12.2 Å². The second-order valence-corrected chi connectivity index (χ2v) is 7.91. The Kier molecular flexibility index (Phi) is 7.57. The summed E-state index contributed by atoms with van der Waals surface area (Å²) in [6.45, 7) is 5.43. The van der Waals surface area contributed by atoms with Crippen LogP contribution in [0.4, 0.5) is 13.2 Å². The zero-order valence-electron chi connectivity index (χ0n) is 16.8. The molecule has 0 aliphatic heterocycles. The third-order valence-corrected chi connectivity index (χ3v) is 5.04. The molecule has 0 N–H and O–H groups in total. The van der Waals surface area contributed by atoms with E-state index in [-0.39, 0.29) is 28.1 Å². The molecule has 158 valence electrons. The highest BCUT2D eigenvalue weighted by Crippen LogP contribution is 2.41. The SMILES string of the molecule is COc1cc(/C=C(/C)SC(=O)C(C)C)ccc1Oc1ccc(C#N)cc1C(F)(F)F. The number of carbonyl (C=O) groups is 1. The zero-order chi connectivity index (χ0) is 22.5. The number of thioether (sulfide) groups is 1. The predicted molar refractivity (Wildman–Crippen MR) is 110 cm³/mol. The first-order valence-electron chi connectivity index (χ1n) is 8.92. The van der Waals surface area contributed by atoms with Crippen molar-refractivity contribution >= 4 is 23.0 Å². The number of halogens is 3. The lowest BCUT2D eigenvalue weighted by atomic mass is 10.1. The first kappa shape index (κ1) is 23.4. The Morgan fingerprint density at radius 2 is 1.80 bits per heavy atom. The van der Waals surface area contributed by atoms with E-state index in [9.17, 15) is 18.0 Å². The summed E-state index contributed by atoms with van der Waals surface area (Å²) in [5, 5.41) is 8.91. The highest BCUT2D eigenvalue weighted by molar-refractivity contribution is 8.17. The number of ether oxygens (including phenoxy) is 2. The number of methoxy groups -OCH3 is 1. The monoisotopic (exact) mass is 435 g/mol. The minimum Gasteiger partial charge on any atom is -0.493 e. The van der Waals surface area contributed by atoms with Gasteiger partial charge in [0.25, 0.3) is 0 Å². The maximum absolute atomic E-state index is 13.4. The Morgan fingerprint density at radius 3 is 2.37 bits per heavy atom. The van der Waals surface area contributed by atoms with Gasteiger partial charge in [0, 0.05) is 5.92 Å². The van der Waals surface area contributed by atoms with Crippen LogP contribution in [0.3, 0.4) is 0 Å². The van der Waals surface area contributed by atoms with Gasteiger partial charge in [-0.2, -0.15) is 18.4 Å². The molecule has 2 aromatic rings. The van der Waals surface area contributed by atoms with Gasteiger partial charge in [-0.25, -0.2) is 0 Å². The van der Waals surface area contributed by atoms with Gasteiger partial charge < -0.3 is 9.47 Å². The second-order valence-electron chi connectivity index (χ2n) is 6.66. The van der Waals surface area contributed by atoms with Crippen LogP contribution in [0.25, 0.3) is 6.08 Å². The number of benzene rings is 2. The van der Waals surface area contributed by atoms with Gasteiger partial charge in [0.05, 0.1) is 24.3 Å². The van der Waals surface area contributed by atoms with Crippen molar-refractivity contribution in [3.05, 3.63) is 58.0 Å². The molecule has 0 aliphatic rings. The summed E-state index contributed by atoms with van der Waals surface area (Å²) in [5.74, 6) is -0.209. The van der Waals surface area contributed by atoms with E-state index in [1.807, 2.05) is 13.8 Å². The van der Waals surface area contributed by atoms with Gasteiger partial charge in [-0.15, -0.1) is 0 Å². The Hall–Kier alpha value is -2.92. The number of nitrogens with zero attached hydrogens (tertiary/aromatic N) is 1. The highest BCUT2D eigenvalue weighted by atomic mass is 32.2. The van der Waals surface area contributed by atoms with Crippen LogP contribution in [-0.2, 0) is 11.0 Å². The van der Waals surface area contributed by atoms with E-state index in [0.29, 0.717) is 5.56 Å². The number of rotatable bonds is 6. The zero-order valence-corrected chi connectivity index (χ0v) is 17.6. The summed E-state index contributed by atoms with van der Waals surface area (Å²) in [5.41, 5.74) is -0.463. The van der Waals surface area contributed by atoms with E-state index in [2.05, 4.69) is 0 Å². The van der Waals surface area contributed by atoms with Crippen molar-refractivity contribution < 1.29 is 27.4 Å². The standard InChI is InChI=1S/C22H20F3NO3S/c1-13(2)21(27)30-14(3)9-15-5-8-19(20(11-15)28-4)29-18-7-6-16(12-26)10-17(18)22(23,24)25/h5-11,13H,1-4H3/b14-9-. The second kappa shape index (κ2) is 9.72. The molecule has 0 radical (unpaired) electrons. The molecule has 30 heavy (non-hydrogen) atoms. The molecule has 2 rings (SSSR count). The third kappa shape index (κ3) is 6.04. The summed E-state index contributed by atoms with van der Waals surface area (Å²) < 4.78 is 50.8. The number of carbonyl (C=O) groups excluding carboxylic acids is 1. The topological polar surface area (TPSA) is 59.3 Å². The maximum atomic E-state index is 13.4. The molecule has 0 fully saturated rings. The molecule has 4 nitrogen and oxygen atoms in total. The lowest BCUT2D eigenvalue weighted by Gasteiger charge is -2.16. The molecule has 0 aromatic heterocycles. The summed E-state index contributed by atoms with van der Waals surface area (Å²) in [4.78, 5) is 12.6. The van der Waals surface area contributed by atoms with Crippen LogP contribution >= 0.6 is 11.8 Å². The molecule has 0 atom stereocenters. The number of nitriles is 1. The fraction of sp³-hybridized carbons (Fsp3) is 0.273. The van der Waals surface area contributed by atoms with E-state index in [1.165, 1.54) is 19.2 Å². The Labute approximate surface area is 177 Å². The quantitative estimate of drug-likeness (QED) is 0.508. The number of allylic oxidation sites excluding steroid dienone is 1. The Morgan fingerprint density at radius 1 is 1.13 bits per heavy atom. The predicted octanol–water partition coefficient (Wildman–Crippen LogP) is 6.65. The van der Waals surface area contributed by atoms with Crippen LogP contribution in [0.5, 0.6) is 17.2 Å². The Balaban J connectivity index is 2.35. The fourth-order valence-corrected chi connectivity index (χ4v) is 3.18. The van der Waals surface area contributed by atoms with E-state index >= 15 is 0 Å². The van der Waals surface area contributed by atoms with Crippen LogP contribution < -0.4 is 9.47 Å². The van der Waals surface area contributed by atoms with Gasteiger partial charge in [-0.1, -0.05) is 31.7 Å². The minimum atomic E-state index is -4.69. The van der Waals surface area contributed by atoms with Gasteiger partial charge in [0.1, 0.15) is 5.75 Å². The van der Waals surface area contributed by atoms with Crippen molar-refractivity contribution in [1.82, 2.24) is 0 Å². The van der Waals surface area contributed by atoms with E-state index in [1.54, 1.807) is 31.2 Å². The molecule has 0 heterocycles. The van der Waals surface area contributed by atoms with Crippen molar-refractivity contribution in [2.24, 2.45) is 5.92 Å². The van der Waals surface area contributed by atoms with Crippen LogP contribution in [0.15, 0.2) is 41.3 Å². The number of hydrogen-bond donors (Lipinski definition) is 0. The van der Waals surface area contributed by atoms with Crippen molar-refractivity contribution in [3.8, 4) is 23.3 Å². The maximum Gasteiger partial charge on any atom is 0.420 e. The average Bonchev–Trinajstić information content (AvgIpc) is 2.68. The molecular formula is C22H20F3NO3S. The van der Waals surface area contributed by atoms with Crippen molar-refractivity contribution in [1.29, 1.82) is 5.26 Å². The first-order valence-corrected chi connectivity index (χ1v) is 9.74. The molecular weight excluding hydrogens is 415 g/mol. The summed E-state index contributed by atoms with van der Waals surface area (Å²) in [7, 11) is 1.38. The summed E-state index contributed by atoms with van der Waals surface area (Å²) in [6.07, 6.45) is -2.91. The van der Waals surface area contributed by atoms with Crippen LogP contribution in [0.1, 0.15) is 37.5 Å². The lowest BCUT2D eigenvalue weighted by Crippen LogP contribution is -2.08. The van der Waals surface area contributed by atoms with Gasteiger partial charge >= 0.3 is 6.18 Å². The molecule has 8 heteroatoms. The van der Waals surface area contributed by atoms with Crippen molar-refractivity contribution in [2.75, 3.05) is 7.11 Å².